The highest BCUT2D eigenvalue weighted by Gasteiger charge is 2.18. The Labute approximate surface area is 180 Å². The summed E-state index contributed by atoms with van der Waals surface area (Å²) >= 11 is 1.42. The Hall–Kier alpha value is -4.04. The number of amides is 1. The number of fused-ring (bicyclic) bond motifs is 1. The van der Waals surface area contributed by atoms with Crippen molar-refractivity contribution in [2.45, 2.75) is 6.92 Å². The van der Waals surface area contributed by atoms with Crippen molar-refractivity contribution in [3.05, 3.63) is 93.8 Å². The minimum Gasteiger partial charge on any atom is -0.451 e. The summed E-state index contributed by atoms with van der Waals surface area (Å²) in [6.07, 6.45) is 0. The van der Waals surface area contributed by atoms with Gasteiger partial charge in [0.15, 0.2) is 11.2 Å². The normalized spacial score (nSPS) is 11.0. The first-order valence-corrected chi connectivity index (χ1v) is 10.4. The van der Waals surface area contributed by atoms with E-state index in [1.807, 2.05) is 42.6 Å². The lowest BCUT2D eigenvalue weighted by Crippen LogP contribution is -2.17. The third kappa shape index (κ3) is 3.64. The molecule has 7 nitrogen and oxygen atoms in total. The van der Waals surface area contributed by atoms with Crippen molar-refractivity contribution < 1.29 is 9.21 Å². The van der Waals surface area contributed by atoms with Gasteiger partial charge in [0, 0.05) is 23.1 Å². The van der Waals surface area contributed by atoms with Gasteiger partial charge in [0.25, 0.3) is 5.91 Å². The lowest BCUT2D eigenvalue weighted by Gasteiger charge is -2.06. The topological polar surface area (TPSA) is 90.0 Å². The lowest BCUT2D eigenvalue weighted by atomic mass is 10.2. The monoisotopic (exact) mass is 428 g/mol. The highest BCUT2D eigenvalue weighted by Crippen LogP contribution is 2.26. The summed E-state index contributed by atoms with van der Waals surface area (Å²) in [5.74, 6) is -0.172. The molecule has 0 bridgehead atoms. The summed E-state index contributed by atoms with van der Waals surface area (Å²) in [5, 5.41) is 10.2. The summed E-state index contributed by atoms with van der Waals surface area (Å²) in [6.45, 7) is 1.83. The van der Waals surface area contributed by atoms with E-state index >= 15 is 0 Å². The van der Waals surface area contributed by atoms with Gasteiger partial charge in [-0.25, -0.2) is 4.98 Å². The molecule has 3 heterocycles. The van der Waals surface area contributed by atoms with Crippen LogP contribution in [0.2, 0.25) is 0 Å². The summed E-state index contributed by atoms with van der Waals surface area (Å²) in [4.78, 5) is 29.8. The maximum absolute atomic E-state index is 12.8. The number of aromatic nitrogens is 3. The summed E-state index contributed by atoms with van der Waals surface area (Å²) < 4.78 is 7.21. The van der Waals surface area contributed by atoms with Crippen LogP contribution >= 0.6 is 11.3 Å². The maximum Gasteiger partial charge on any atom is 0.292 e. The molecule has 3 aromatic heterocycles. The molecule has 1 amide bonds. The lowest BCUT2D eigenvalue weighted by molar-refractivity contribution is 0.0996. The van der Waals surface area contributed by atoms with E-state index in [2.05, 4.69) is 15.4 Å². The second-order valence-corrected chi connectivity index (χ2v) is 7.73. The standard InChI is InChI=1S/C23H16N4O3S/c1-14-11-21(25-22(29)20-12-18(28)16-9-5-6-10-19(16)30-20)27(26-14)23-24-17(13-31-23)15-7-3-2-4-8-15/h2-13H,1H3,(H,25,29). The number of hydrogen-bond acceptors (Lipinski definition) is 6. The molecule has 2 aromatic carbocycles. The van der Waals surface area contributed by atoms with Gasteiger partial charge in [0.1, 0.15) is 11.4 Å². The number of nitrogens with one attached hydrogen (secondary N) is 1. The Kier molecular flexibility index (Phi) is 4.68. The van der Waals surface area contributed by atoms with E-state index < -0.39 is 5.91 Å². The zero-order chi connectivity index (χ0) is 21.4. The number of rotatable bonds is 4. The molecule has 152 valence electrons. The minimum absolute atomic E-state index is 0.0711. The molecular formula is C23H16N4O3S. The van der Waals surface area contributed by atoms with Crippen molar-refractivity contribution in [2.24, 2.45) is 0 Å². The molecule has 0 fully saturated rings. The van der Waals surface area contributed by atoms with Crippen LogP contribution in [-0.4, -0.2) is 20.7 Å². The van der Waals surface area contributed by atoms with Crippen LogP contribution in [0.4, 0.5) is 5.82 Å². The van der Waals surface area contributed by atoms with E-state index in [1.165, 1.54) is 17.4 Å². The number of anilines is 1. The molecule has 0 unspecified atom stereocenters. The van der Waals surface area contributed by atoms with Crippen molar-refractivity contribution in [3.63, 3.8) is 0 Å². The van der Waals surface area contributed by atoms with Gasteiger partial charge in [-0.3, -0.25) is 9.59 Å². The molecule has 5 rings (SSSR count). The van der Waals surface area contributed by atoms with E-state index in [-0.39, 0.29) is 11.2 Å². The quantitative estimate of drug-likeness (QED) is 0.450. The molecule has 0 spiro atoms. The van der Waals surface area contributed by atoms with Crippen LogP contribution in [0.3, 0.4) is 0 Å². The largest absolute Gasteiger partial charge is 0.451 e. The first kappa shape index (κ1) is 19.0. The fourth-order valence-electron chi connectivity index (χ4n) is 3.23. The number of hydrogen-bond donors (Lipinski definition) is 1. The predicted molar refractivity (Wildman–Crippen MR) is 120 cm³/mol. The van der Waals surface area contributed by atoms with Crippen LogP contribution in [0.1, 0.15) is 16.2 Å². The average Bonchev–Trinajstić information content (AvgIpc) is 3.41. The van der Waals surface area contributed by atoms with Gasteiger partial charge in [-0.1, -0.05) is 42.5 Å². The molecule has 0 aliphatic rings. The van der Waals surface area contributed by atoms with Gasteiger partial charge in [-0.2, -0.15) is 9.78 Å². The maximum atomic E-state index is 12.8. The van der Waals surface area contributed by atoms with E-state index in [9.17, 15) is 9.59 Å². The first-order valence-electron chi connectivity index (χ1n) is 9.51. The number of aryl methyl sites for hydroxylation is 1. The van der Waals surface area contributed by atoms with Crippen molar-refractivity contribution in [3.8, 4) is 16.4 Å². The number of carbonyl (C=O) groups is 1. The van der Waals surface area contributed by atoms with Crippen molar-refractivity contribution in [2.75, 3.05) is 5.32 Å². The first-order chi connectivity index (χ1) is 15.1. The van der Waals surface area contributed by atoms with Crippen LogP contribution in [0.25, 0.3) is 27.4 Å². The van der Waals surface area contributed by atoms with E-state index in [0.717, 1.165) is 11.3 Å². The van der Waals surface area contributed by atoms with Crippen molar-refractivity contribution in [1.82, 2.24) is 14.8 Å². The van der Waals surface area contributed by atoms with Crippen LogP contribution < -0.4 is 10.7 Å². The van der Waals surface area contributed by atoms with Gasteiger partial charge in [0.2, 0.25) is 5.13 Å². The number of benzene rings is 2. The van der Waals surface area contributed by atoms with E-state index in [4.69, 9.17) is 4.42 Å². The smallest absolute Gasteiger partial charge is 0.292 e. The number of thiazole rings is 1. The molecule has 0 radical (unpaired) electrons. The molecular weight excluding hydrogens is 412 g/mol. The fourth-order valence-corrected chi connectivity index (χ4v) is 4.03. The zero-order valence-corrected chi connectivity index (χ0v) is 17.2. The van der Waals surface area contributed by atoms with Gasteiger partial charge >= 0.3 is 0 Å². The summed E-state index contributed by atoms with van der Waals surface area (Å²) in [6, 6.07) is 19.6. The molecule has 0 aliphatic heterocycles. The Bertz CT molecular complexity index is 1470. The number of nitrogens with zero attached hydrogens (tertiary/aromatic N) is 3. The predicted octanol–water partition coefficient (Wildman–Crippen LogP) is 4.66. The second kappa shape index (κ2) is 7.66. The van der Waals surface area contributed by atoms with Crippen LogP contribution in [0, 0.1) is 6.92 Å². The van der Waals surface area contributed by atoms with Gasteiger partial charge < -0.3 is 9.73 Å². The molecule has 1 N–H and O–H groups in total. The molecule has 0 saturated carbocycles. The van der Waals surface area contributed by atoms with Gasteiger partial charge in [-0.15, -0.1) is 11.3 Å². The Balaban J connectivity index is 1.47. The SMILES string of the molecule is Cc1cc(NC(=O)c2cc(=O)c3ccccc3o2)n(-c2nc(-c3ccccc3)cs2)n1. The average molecular weight is 428 g/mol. The third-order valence-electron chi connectivity index (χ3n) is 4.67. The fraction of sp³-hybridized carbons (Fsp3) is 0.0435. The van der Waals surface area contributed by atoms with Crippen molar-refractivity contribution >= 4 is 34.0 Å². The van der Waals surface area contributed by atoms with Crippen LogP contribution in [0.15, 0.2) is 81.3 Å². The molecule has 31 heavy (non-hydrogen) atoms. The zero-order valence-electron chi connectivity index (χ0n) is 16.4. The third-order valence-corrected chi connectivity index (χ3v) is 5.49. The summed E-state index contributed by atoms with van der Waals surface area (Å²) in [7, 11) is 0. The molecule has 0 aliphatic carbocycles. The van der Waals surface area contributed by atoms with Crippen LogP contribution in [0.5, 0.6) is 0 Å². The molecule has 0 saturated heterocycles. The van der Waals surface area contributed by atoms with Crippen LogP contribution in [-0.2, 0) is 0 Å². The summed E-state index contributed by atoms with van der Waals surface area (Å²) in [5.41, 5.74) is 2.62. The van der Waals surface area contributed by atoms with Gasteiger partial charge in [0.05, 0.1) is 16.8 Å². The minimum atomic E-state index is -0.538. The van der Waals surface area contributed by atoms with Crippen molar-refractivity contribution in [1.29, 1.82) is 0 Å². The molecule has 0 atom stereocenters. The highest BCUT2D eigenvalue weighted by molar-refractivity contribution is 7.12. The Morgan fingerprint density at radius 2 is 1.84 bits per heavy atom. The highest BCUT2D eigenvalue weighted by atomic mass is 32.1. The van der Waals surface area contributed by atoms with E-state index in [0.29, 0.717) is 27.6 Å². The Morgan fingerprint density at radius 1 is 1.06 bits per heavy atom. The number of carbonyl (C=O) groups excluding carboxylic acids is 1. The Morgan fingerprint density at radius 3 is 2.68 bits per heavy atom. The molecule has 8 heteroatoms. The van der Waals surface area contributed by atoms with Gasteiger partial charge in [-0.05, 0) is 19.1 Å². The van der Waals surface area contributed by atoms with E-state index in [1.54, 1.807) is 35.0 Å². The molecule has 5 aromatic rings. The second-order valence-electron chi connectivity index (χ2n) is 6.89. The number of para-hydroxylation sites is 1.